The topological polar surface area (TPSA) is 0 Å². The minimum absolute atomic E-state index is 0.0310. The van der Waals surface area contributed by atoms with Gasteiger partial charge in [0.25, 0.3) is 0 Å². The average Bonchev–Trinajstić information content (AvgIpc) is 2.85. The summed E-state index contributed by atoms with van der Waals surface area (Å²) in [5, 5.41) is 0. The highest BCUT2D eigenvalue weighted by atomic mass is 19.1. The zero-order valence-corrected chi connectivity index (χ0v) is 20.0. The Hall–Kier alpha value is -1.63. The molecule has 0 saturated carbocycles. The molecule has 0 aliphatic heterocycles. The summed E-state index contributed by atoms with van der Waals surface area (Å²) in [6, 6.07) is 0. The van der Waals surface area contributed by atoms with E-state index >= 15 is 4.39 Å². The molecule has 1 atom stereocenters. The van der Waals surface area contributed by atoms with Crippen LogP contribution >= 0.6 is 0 Å². The number of hydrogen-bond donors (Lipinski definition) is 0. The molecule has 0 aromatic heterocycles. The minimum Gasteiger partial charge on any atom is -0.206 e. The van der Waals surface area contributed by atoms with Crippen LogP contribution in [0.2, 0.25) is 0 Å². The van der Waals surface area contributed by atoms with E-state index in [1.165, 1.54) is 39.0 Å². The van der Waals surface area contributed by atoms with Crippen LogP contribution in [0.5, 0.6) is 0 Å². The number of halogens is 1. The van der Waals surface area contributed by atoms with Crippen LogP contribution in [0.4, 0.5) is 4.39 Å². The summed E-state index contributed by atoms with van der Waals surface area (Å²) in [4.78, 5) is 0. The molecule has 29 heavy (non-hydrogen) atoms. The molecular formula is C28H39F. The Labute approximate surface area is 178 Å². The second-order valence-electron chi connectivity index (χ2n) is 10.0. The molecule has 3 rings (SSSR count). The van der Waals surface area contributed by atoms with Crippen LogP contribution < -0.4 is 0 Å². The summed E-state index contributed by atoms with van der Waals surface area (Å²) in [7, 11) is 0. The summed E-state index contributed by atoms with van der Waals surface area (Å²) in [5.74, 6) is 1.63. The van der Waals surface area contributed by atoms with Gasteiger partial charge in [-0.05, 0) is 88.8 Å². The summed E-state index contributed by atoms with van der Waals surface area (Å²) < 4.78 is 16.1. The molecule has 0 radical (unpaired) electrons. The summed E-state index contributed by atoms with van der Waals surface area (Å²) in [5.41, 5.74) is 11.1. The third kappa shape index (κ3) is 3.66. The Kier molecular flexibility index (Phi) is 6.27. The van der Waals surface area contributed by atoms with Crippen LogP contribution in [0, 0.1) is 24.6 Å². The van der Waals surface area contributed by atoms with E-state index in [1.807, 2.05) is 0 Å². The van der Waals surface area contributed by atoms with E-state index in [9.17, 15) is 0 Å². The molecule has 0 heterocycles. The fourth-order valence-electron chi connectivity index (χ4n) is 5.73. The highest BCUT2D eigenvalue weighted by Gasteiger charge is 2.32. The van der Waals surface area contributed by atoms with E-state index in [1.54, 1.807) is 0 Å². The van der Waals surface area contributed by atoms with Crippen LogP contribution in [0.3, 0.4) is 0 Å². The first-order valence-electron chi connectivity index (χ1n) is 11.6. The van der Waals surface area contributed by atoms with Gasteiger partial charge in [-0.2, -0.15) is 0 Å². The number of hydrogen-bond acceptors (Lipinski definition) is 0. The standard InChI is InChI=1S/C28H39F/c1-10-21-26-18(8)13-20-14-24(16(4)5)22(15(2)3)11-12-23(20)27(21)28(29)25(17(6)7)19(26)9/h12,14-18H,10-11,13H2,1-9H3. The van der Waals surface area contributed by atoms with Gasteiger partial charge in [-0.25, -0.2) is 4.39 Å². The molecule has 2 aliphatic carbocycles. The first-order chi connectivity index (χ1) is 13.6. The third-order valence-corrected chi connectivity index (χ3v) is 7.00. The maximum absolute atomic E-state index is 16.1. The fraction of sp³-hybridized carbons (Fsp3) is 0.571. The molecule has 2 aliphatic rings. The largest absolute Gasteiger partial charge is 0.206 e. The third-order valence-electron chi connectivity index (χ3n) is 7.00. The van der Waals surface area contributed by atoms with Crippen LogP contribution in [-0.4, -0.2) is 0 Å². The molecule has 158 valence electrons. The van der Waals surface area contributed by atoms with Crippen LogP contribution in [0.25, 0.3) is 5.57 Å². The molecule has 1 aromatic rings. The monoisotopic (exact) mass is 394 g/mol. The number of rotatable bonds is 4. The second kappa shape index (κ2) is 8.25. The molecule has 1 heteroatoms. The van der Waals surface area contributed by atoms with Gasteiger partial charge >= 0.3 is 0 Å². The van der Waals surface area contributed by atoms with Crippen molar-refractivity contribution in [2.75, 3.05) is 0 Å². The van der Waals surface area contributed by atoms with Crippen LogP contribution in [0.1, 0.15) is 108 Å². The molecular weight excluding hydrogens is 355 g/mol. The van der Waals surface area contributed by atoms with Gasteiger partial charge in [0.2, 0.25) is 0 Å². The van der Waals surface area contributed by atoms with Gasteiger partial charge < -0.3 is 0 Å². The minimum atomic E-state index is 0.0310. The van der Waals surface area contributed by atoms with Gasteiger partial charge in [-0.3, -0.25) is 0 Å². The first-order valence-corrected chi connectivity index (χ1v) is 11.6. The van der Waals surface area contributed by atoms with E-state index in [2.05, 4.69) is 74.5 Å². The van der Waals surface area contributed by atoms with Crippen molar-refractivity contribution in [2.45, 2.75) is 93.4 Å². The lowest BCUT2D eigenvalue weighted by Gasteiger charge is -2.24. The second-order valence-corrected chi connectivity index (χ2v) is 10.0. The zero-order valence-electron chi connectivity index (χ0n) is 20.0. The van der Waals surface area contributed by atoms with E-state index < -0.39 is 0 Å². The molecule has 0 spiro atoms. The Bertz CT molecular complexity index is 903. The maximum atomic E-state index is 16.1. The predicted molar refractivity (Wildman–Crippen MR) is 125 cm³/mol. The van der Waals surface area contributed by atoms with Gasteiger partial charge in [0.15, 0.2) is 0 Å². The quantitative estimate of drug-likeness (QED) is 0.479. The van der Waals surface area contributed by atoms with Crippen molar-refractivity contribution in [3.8, 4) is 0 Å². The first kappa shape index (κ1) is 22.1. The molecule has 1 aromatic carbocycles. The van der Waals surface area contributed by atoms with Crippen LogP contribution in [0.15, 0.2) is 28.9 Å². The molecule has 0 saturated heterocycles. The van der Waals surface area contributed by atoms with E-state index in [0.717, 1.165) is 30.4 Å². The molecule has 0 fully saturated rings. The molecule has 1 unspecified atom stereocenters. The molecule has 2 bridgehead atoms. The van der Waals surface area contributed by atoms with Gasteiger partial charge in [-0.15, -0.1) is 0 Å². The zero-order chi connectivity index (χ0) is 21.6. The van der Waals surface area contributed by atoms with Crippen molar-refractivity contribution < 1.29 is 4.39 Å². The van der Waals surface area contributed by atoms with Crippen molar-refractivity contribution in [3.05, 3.63) is 62.5 Å². The van der Waals surface area contributed by atoms with E-state index in [0.29, 0.717) is 17.8 Å². The van der Waals surface area contributed by atoms with Gasteiger partial charge in [-0.1, -0.05) is 73.1 Å². The molecule has 0 amide bonds. The number of fused-ring (bicyclic) bond motifs is 4. The van der Waals surface area contributed by atoms with Crippen molar-refractivity contribution >= 4 is 5.57 Å². The lowest BCUT2D eigenvalue weighted by atomic mass is 9.81. The van der Waals surface area contributed by atoms with Crippen LogP contribution in [-0.2, 0) is 6.42 Å². The van der Waals surface area contributed by atoms with Gasteiger partial charge in [0.05, 0.1) is 0 Å². The van der Waals surface area contributed by atoms with Crippen molar-refractivity contribution in [1.82, 2.24) is 0 Å². The smallest absolute Gasteiger partial charge is 0.135 e. The Morgan fingerprint density at radius 2 is 1.69 bits per heavy atom. The van der Waals surface area contributed by atoms with Crippen molar-refractivity contribution in [3.63, 3.8) is 0 Å². The highest BCUT2D eigenvalue weighted by Crippen LogP contribution is 2.48. The Morgan fingerprint density at radius 1 is 1.03 bits per heavy atom. The SMILES string of the molecule is CCc1c2c(F)c(C(C)C)c(C)c1C(C)CC1=CC(C(C)C)=C(C(C)C)CC=C12. The Balaban J connectivity index is 2.37. The van der Waals surface area contributed by atoms with Gasteiger partial charge in [0.1, 0.15) is 5.82 Å². The average molecular weight is 395 g/mol. The molecule has 0 nitrogen and oxygen atoms in total. The summed E-state index contributed by atoms with van der Waals surface area (Å²) >= 11 is 0. The lowest BCUT2D eigenvalue weighted by molar-refractivity contribution is 0.587. The molecule has 0 N–H and O–H groups in total. The normalized spacial score (nSPS) is 19.4. The number of allylic oxidation sites excluding steroid dienone is 6. The van der Waals surface area contributed by atoms with E-state index in [4.69, 9.17) is 0 Å². The Morgan fingerprint density at radius 3 is 2.21 bits per heavy atom. The predicted octanol–water partition coefficient (Wildman–Crippen LogP) is 8.65. The maximum Gasteiger partial charge on any atom is 0.135 e. The lowest BCUT2D eigenvalue weighted by Crippen LogP contribution is -2.10. The van der Waals surface area contributed by atoms with Crippen molar-refractivity contribution in [1.29, 1.82) is 0 Å². The fourth-order valence-corrected chi connectivity index (χ4v) is 5.73. The summed E-state index contributed by atoms with van der Waals surface area (Å²) in [6.07, 6.45) is 7.57. The van der Waals surface area contributed by atoms with Crippen molar-refractivity contribution in [2.24, 2.45) is 11.8 Å². The highest BCUT2D eigenvalue weighted by molar-refractivity contribution is 5.85. The number of benzene rings is 1. The van der Waals surface area contributed by atoms with Gasteiger partial charge in [0, 0.05) is 5.56 Å². The summed E-state index contributed by atoms with van der Waals surface area (Å²) in [6.45, 7) is 20.1. The van der Waals surface area contributed by atoms with E-state index in [-0.39, 0.29) is 11.7 Å².